The molecule has 0 radical (unpaired) electrons. The summed E-state index contributed by atoms with van der Waals surface area (Å²) in [5, 5.41) is 0. The standard InChI is InChI=1S/C17H21NOS/c1-4-15-11-12-16(20-15)13-7-9-14(10-8-13)17(19)18(5-2)6-3/h7-12H,4-6H2,1-3H3. The van der Waals surface area contributed by atoms with Crippen molar-refractivity contribution in [1.29, 1.82) is 0 Å². The highest BCUT2D eigenvalue weighted by Crippen LogP contribution is 2.28. The molecule has 2 rings (SSSR count). The monoisotopic (exact) mass is 287 g/mol. The van der Waals surface area contributed by atoms with Gasteiger partial charge in [0.15, 0.2) is 0 Å². The van der Waals surface area contributed by atoms with E-state index < -0.39 is 0 Å². The highest BCUT2D eigenvalue weighted by molar-refractivity contribution is 7.15. The van der Waals surface area contributed by atoms with Crippen LogP contribution in [-0.4, -0.2) is 23.9 Å². The summed E-state index contributed by atoms with van der Waals surface area (Å²) in [7, 11) is 0. The van der Waals surface area contributed by atoms with Gasteiger partial charge >= 0.3 is 0 Å². The van der Waals surface area contributed by atoms with Crippen LogP contribution in [0.4, 0.5) is 0 Å². The molecule has 106 valence electrons. The molecule has 1 heterocycles. The third kappa shape index (κ3) is 3.10. The zero-order valence-electron chi connectivity index (χ0n) is 12.3. The first-order valence-electron chi connectivity index (χ1n) is 7.18. The van der Waals surface area contributed by atoms with E-state index in [0.717, 1.165) is 25.1 Å². The number of hydrogen-bond acceptors (Lipinski definition) is 2. The van der Waals surface area contributed by atoms with Crippen LogP contribution in [-0.2, 0) is 6.42 Å². The summed E-state index contributed by atoms with van der Waals surface area (Å²) < 4.78 is 0. The molecule has 3 heteroatoms. The molecule has 0 bridgehead atoms. The van der Waals surface area contributed by atoms with Gasteiger partial charge in [-0.05, 0) is 50.1 Å². The first-order chi connectivity index (χ1) is 9.69. The summed E-state index contributed by atoms with van der Waals surface area (Å²) in [6.07, 6.45) is 1.07. The Bertz CT molecular complexity index is 567. The molecule has 1 aromatic carbocycles. The third-order valence-electron chi connectivity index (χ3n) is 3.48. The molecular formula is C17H21NOS. The molecule has 2 aromatic rings. The molecule has 0 saturated heterocycles. The van der Waals surface area contributed by atoms with Gasteiger partial charge in [0.25, 0.3) is 5.91 Å². The maximum atomic E-state index is 12.2. The van der Waals surface area contributed by atoms with E-state index in [1.165, 1.54) is 15.3 Å². The van der Waals surface area contributed by atoms with Gasteiger partial charge in [-0.1, -0.05) is 19.1 Å². The van der Waals surface area contributed by atoms with Crippen LogP contribution in [0.2, 0.25) is 0 Å². The van der Waals surface area contributed by atoms with Crippen molar-refractivity contribution in [2.24, 2.45) is 0 Å². The van der Waals surface area contributed by atoms with Crippen molar-refractivity contribution >= 4 is 17.2 Å². The predicted octanol–water partition coefficient (Wildman–Crippen LogP) is 4.46. The fraction of sp³-hybridized carbons (Fsp3) is 0.353. The van der Waals surface area contributed by atoms with Crippen molar-refractivity contribution in [2.45, 2.75) is 27.2 Å². The van der Waals surface area contributed by atoms with E-state index in [4.69, 9.17) is 0 Å². The fourth-order valence-electron chi connectivity index (χ4n) is 2.19. The molecule has 0 atom stereocenters. The van der Waals surface area contributed by atoms with E-state index in [1.807, 2.05) is 54.3 Å². The lowest BCUT2D eigenvalue weighted by Crippen LogP contribution is -2.30. The Balaban J connectivity index is 2.19. The molecule has 20 heavy (non-hydrogen) atoms. The second-order valence-electron chi connectivity index (χ2n) is 4.67. The van der Waals surface area contributed by atoms with Crippen LogP contribution in [0.1, 0.15) is 36.0 Å². The average Bonchev–Trinajstić information content (AvgIpc) is 2.97. The number of amides is 1. The van der Waals surface area contributed by atoms with Gasteiger partial charge in [0.1, 0.15) is 0 Å². The second-order valence-corrected chi connectivity index (χ2v) is 5.84. The topological polar surface area (TPSA) is 20.3 Å². The summed E-state index contributed by atoms with van der Waals surface area (Å²) in [6, 6.07) is 12.3. The van der Waals surface area contributed by atoms with Gasteiger partial charge in [0.2, 0.25) is 0 Å². The number of thiophene rings is 1. The van der Waals surface area contributed by atoms with Crippen molar-refractivity contribution in [1.82, 2.24) is 4.90 Å². The molecule has 0 unspecified atom stereocenters. The first-order valence-corrected chi connectivity index (χ1v) is 7.99. The second kappa shape index (κ2) is 6.71. The van der Waals surface area contributed by atoms with Crippen LogP contribution in [0, 0.1) is 0 Å². The summed E-state index contributed by atoms with van der Waals surface area (Å²) in [5.41, 5.74) is 1.95. The minimum Gasteiger partial charge on any atom is -0.339 e. The van der Waals surface area contributed by atoms with E-state index in [1.54, 1.807) is 0 Å². The molecule has 0 fully saturated rings. The predicted molar refractivity (Wildman–Crippen MR) is 86.4 cm³/mol. The van der Waals surface area contributed by atoms with Crippen LogP contribution in [0.15, 0.2) is 36.4 Å². The van der Waals surface area contributed by atoms with Crippen LogP contribution >= 0.6 is 11.3 Å². The minimum atomic E-state index is 0.113. The summed E-state index contributed by atoms with van der Waals surface area (Å²) in [5.74, 6) is 0.113. The van der Waals surface area contributed by atoms with Gasteiger partial charge in [-0.25, -0.2) is 0 Å². The summed E-state index contributed by atoms with van der Waals surface area (Å²) >= 11 is 1.82. The Morgan fingerprint density at radius 3 is 2.15 bits per heavy atom. The van der Waals surface area contributed by atoms with Crippen molar-refractivity contribution in [2.75, 3.05) is 13.1 Å². The maximum absolute atomic E-state index is 12.2. The number of hydrogen-bond donors (Lipinski definition) is 0. The Morgan fingerprint density at radius 1 is 1.00 bits per heavy atom. The number of benzene rings is 1. The molecule has 0 saturated carbocycles. The lowest BCUT2D eigenvalue weighted by molar-refractivity contribution is 0.0773. The van der Waals surface area contributed by atoms with Crippen LogP contribution in [0.3, 0.4) is 0 Å². The van der Waals surface area contributed by atoms with Gasteiger partial charge in [-0.3, -0.25) is 4.79 Å². The molecule has 0 aliphatic heterocycles. The molecule has 0 N–H and O–H groups in total. The Morgan fingerprint density at radius 2 is 1.65 bits per heavy atom. The van der Waals surface area contributed by atoms with Crippen molar-refractivity contribution in [3.8, 4) is 10.4 Å². The minimum absolute atomic E-state index is 0.113. The largest absolute Gasteiger partial charge is 0.339 e. The lowest BCUT2D eigenvalue weighted by Gasteiger charge is -2.18. The molecule has 2 nitrogen and oxygen atoms in total. The SMILES string of the molecule is CCc1ccc(-c2ccc(C(=O)N(CC)CC)cc2)s1. The highest BCUT2D eigenvalue weighted by atomic mass is 32.1. The average molecular weight is 287 g/mol. The lowest BCUT2D eigenvalue weighted by atomic mass is 10.1. The van der Waals surface area contributed by atoms with Crippen molar-refractivity contribution < 1.29 is 4.79 Å². The maximum Gasteiger partial charge on any atom is 0.253 e. The van der Waals surface area contributed by atoms with Crippen molar-refractivity contribution in [3.63, 3.8) is 0 Å². The third-order valence-corrected chi connectivity index (χ3v) is 4.76. The number of aryl methyl sites for hydroxylation is 1. The van der Waals surface area contributed by atoms with Gasteiger partial charge in [0.05, 0.1) is 0 Å². The summed E-state index contributed by atoms with van der Waals surface area (Å²) in [4.78, 5) is 16.7. The smallest absolute Gasteiger partial charge is 0.253 e. The Labute approximate surface area is 125 Å². The highest BCUT2D eigenvalue weighted by Gasteiger charge is 2.12. The normalized spacial score (nSPS) is 10.6. The number of rotatable bonds is 5. The molecule has 0 aliphatic rings. The fourth-order valence-corrected chi connectivity index (χ4v) is 3.15. The molecule has 0 aliphatic carbocycles. The molecular weight excluding hydrogens is 266 g/mol. The zero-order valence-corrected chi connectivity index (χ0v) is 13.2. The molecule has 1 aromatic heterocycles. The van der Waals surface area contributed by atoms with E-state index in [9.17, 15) is 4.79 Å². The van der Waals surface area contributed by atoms with Crippen molar-refractivity contribution in [3.05, 3.63) is 46.8 Å². The van der Waals surface area contributed by atoms with Crippen LogP contribution in [0.5, 0.6) is 0 Å². The number of nitrogens with zero attached hydrogens (tertiary/aromatic N) is 1. The van der Waals surface area contributed by atoms with Gasteiger partial charge in [-0.2, -0.15) is 0 Å². The molecule has 0 spiro atoms. The van der Waals surface area contributed by atoms with E-state index in [-0.39, 0.29) is 5.91 Å². The van der Waals surface area contributed by atoms with Crippen LogP contribution in [0.25, 0.3) is 10.4 Å². The van der Waals surface area contributed by atoms with E-state index in [2.05, 4.69) is 19.1 Å². The van der Waals surface area contributed by atoms with Gasteiger partial charge in [0, 0.05) is 28.4 Å². The quantitative estimate of drug-likeness (QED) is 0.795. The molecule has 1 amide bonds. The van der Waals surface area contributed by atoms with Gasteiger partial charge < -0.3 is 4.90 Å². The van der Waals surface area contributed by atoms with Crippen LogP contribution < -0.4 is 0 Å². The summed E-state index contributed by atoms with van der Waals surface area (Å²) in [6.45, 7) is 7.69. The van der Waals surface area contributed by atoms with E-state index >= 15 is 0 Å². The zero-order chi connectivity index (χ0) is 14.5. The number of carbonyl (C=O) groups excluding carboxylic acids is 1. The Hall–Kier alpha value is -1.61. The first kappa shape index (κ1) is 14.8. The van der Waals surface area contributed by atoms with Gasteiger partial charge in [-0.15, -0.1) is 11.3 Å². The van der Waals surface area contributed by atoms with E-state index in [0.29, 0.717) is 0 Å². The Kier molecular flexibility index (Phi) is 4.96. The number of carbonyl (C=O) groups is 1.